The first-order chi connectivity index (χ1) is 8.28. The van der Waals surface area contributed by atoms with Gasteiger partial charge in [0, 0.05) is 5.69 Å². The van der Waals surface area contributed by atoms with Gasteiger partial charge in [-0.3, -0.25) is 4.79 Å². The number of carbonyl (C=O) groups is 1. The number of amides is 1. The standard InChI is InChI=1S/C10H10F4N2O2/c1-18-7-3-2-5(15)4-6(7)16-9(17)10(13,14)8(11)12/h2-4,8H,15H2,1H3,(H,16,17). The summed E-state index contributed by atoms with van der Waals surface area (Å²) in [6.45, 7) is 0. The summed E-state index contributed by atoms with van der Waals surface area (Å²) in [5.41, 5.74) is 5.34. The van der Waals surface area contributed by atoms with Gasteiger partial charge in [-0.05, 0) is 18.2 Å². The van der Waals surface area contributed by atoms with Gasteiger partial charge in [0.15, 0.2) is 0 Å². The third kappa shape index (κ3) is 2.82. The molecule has 0 saturated carbocycles. The second kappa shape index (κ2) is 5.11. The molecule has 0 heterocycles. The molecule has 0 bridgehead atoms. The number of anilines is 2. The fourth-order valence-electron chi connectivity index (χ4n) is 1.13. The maximum absolute atomic E-state index is 12.7. The lowest BCUT2D eigenvalue weighted by atomic mass is 10.2. The van der Waals surface area contributed by atoms with E-state index in [1.165, 1.54) is 19.2 Å². The highest BCUT2D eigenvalue weighted by Gasteiger charge is 2.49. The summed E-state index contributed by atoms with van der Waals surface area (Å²) < 4.78 is 54.1. The van der Waals surface area contributed by atoms with Crippen LogP contribution < -0.4 is 15.8 Å². The van der Waals surface area contributed by atoms with E-state index in [-0.39, 0.29) is 17.1 Å². The third-order valence-electron chi connectivity index (χ3n) is 2.05. The van der Waals surface area contributed by atoms with E-state index in [1.54, 1.807) is 5.32 Å². The number of halogens is 4. The number of hydrogen-bond acceptors (Lipinski definition) is 3. The van der Waals surface area contributed by atoms with Crippen LogP contribution in [-0.4, -0.2) is 25.4 Å². The van der Waals surface area contributed by atoms with Crippen molar-refractivity contribution in [2.45, 2.75) is 12.3 Å². The van der Waals surface area contributed by atoms with Gasteiger partial charge in [0.05, 0.1) is 12.8 Å². The molecular weight excluding hydrogens is 256 g/mol. The van der Waals surface area contributed by atoms with Crippen molar-refractivity contribution in [2.75, 3.05) is 18.2 Å². The second-order valence-corrected chi connectivity index (χ2v) is 3.34. The number of alkyl halides is 4. The first-order valence-electron chi connectivity index (χ1n) is 4.70. The summed E-state index contributed by atoms with van der Waals surface area (Å²) in [7, 11) is 1.23. The summed E-state index contributed by atoms with van der Waals surface area (Å²) in [5, 5.41) is 1.65. The molecular formula is C10H10F4N2O2. The Morgan fingerprint density at radius 3 is 2.56 bits per heavy atom. The Bertz CT molecular complexity index is 452. The van der Waals surface area contributed by atoms with E-state index in [0.717, 1.165) is 6.07 Å². The quantitative estimate of drug-likeness (QED) is 0.648. The Morgan fingerprint density at radius 1 is 1.44 bits per heavy atom. The average Bonchev–Trinajstić information content (AvgIpc) is 2.29. The summed E-state index contributed by atoms with van der Waals surface area (Å²) in [6.07, 6.45) is -4.09. The molecule has 0 atom stereocenters. The number of rotatable bonds is 4. The highest BCUT2D eigenvalue weighted by molar-refractivity contribution is 5.98. The zero-order valence-corrected chi connectivity index (χ0v) is 9.22. The van der Waals surface area contributed by atoms with E-state index >= 15 is 0 Å². The molecule has 0 aliphatic heterocycles. The minimum atomic E-state index is -4.78. The van der Waals surface area contributed by atoms with Crippen molar-refractivity contribution in [3.63, 3.8) is 0 Å². The van der Waals surface area contributed by atoms with Crippen LogP contribution in [0.2, 0.25) is 0 Å². The topological polar surface area (TPSA) is 64.3 Å². The molecule has 0 saturated heterocycles. The number of carbonyl (C=O) groups excluding carboxylic acids is 1. The monoisotopic (exact) mass is 266 g/mol. The molecule has 0 fully saturated rings. The molecule has 100 valence electrons. The van der Waals surface area contributed by atoms with Crippen molar-refractivity contribution < 1.29 is 27.1 Å². The number of methoxy groups -OCH3 is 1. The van der Waals surface area contributed by atoms with E-state index in [0.29, 0.717) is 0 Å². The van der Waals surface area contributed by atoms with Crippen molar-refractivity contribution in [3.05, 3.63) is 18.2 Å². The fraction of sp³-hybridized carbons (Fsp3) is 0.300. The molecule has 0 aromatic heterocycles. The molecule has 1 amide bonds. The van der Waals surface area contributed by atoms with Crippen molar-refractivity contribution in [1.29, 1.82) is 0 Å². The number of nitrogens with one attached hydrogen (secondary N) is 1. The van der Waals surface area contributed by atoms with Gasteiger partial charge in [-0.15, -0.1) is 0 Å². The van der Waals surface area contributed by atoms with Crippen LogP contribution in [0.4, 0.5) is 28.9 Å². The predicted octanol–water partition coefficient (Wildman–Crippen LogP) is 2.12. The Morgan fingerprint density at radius 2 is 2.06 bits per heavy atom. The molecule has 8 heteroatoms. The Hall–Kier alpha value is -1.99. The normalized spacial score (nSPS) is 11.4. The van der Waals surface area contributed by atoms with E-state index < -0.39 is 18.3 Å². The lowest BCUT2D eigenvalue weighted by molar-refractivity contribution is -0.163. The van der Waals surface area contributed by atoms with Gasteiger partial charge in [-0.1, -0.05) is 0 Å². The van der Waals surface area contributed by atoms with E-state index in [2.05, 4.69) is 0 Å². The van der Waals surface area contributed by atoms with E-state index in [4.69, 9.17) is 10.5 Å². The minimum absolute atomic E-state index is 0.0302. The molecule has 0 radical (unpaired) electrons. The largest absolute Gasteiger partial charge is 0.495 e. The summed E-state index contributed by atoms with van der Waals surface area (Å²) >= 11 is 0. The maximum atomic E-state index is 12.7. The van der Waals surface area contributed by atoms with Crippen molar-refractivity contribution in [2.24, 2.45) is 0 Å². The average molecular weight is 266 g/mol. The van der Waals surface area contributed by atoms with Gasteiger partial charge in [-0.25, -0.2) is 8.78 Å². The Labute approximate surface area is 99.7 Å². The first kappa shape index (κ1) is 14.1. The molecule has 0 aliphatic rings. The van der Waals surface area contributed by atoms with Crippen molar-refractivity contribution in [1.82, 2.24) is 0 Å². The number of nitrogen functional groups attached to an aromatic ring is 1. The summed E-state index contributed by atoms with van der Waals surface area (Å²) in [5.74, 6) is -6.88. The van der Waals surface area contributed by atoms with Gasteiger partial charge in [0.2, 0.25) is 0 Å². The molecule has 1 rings (SSSR count). The van der Waals surface area contributed by atoms with Gasteiger partial charge in [0.25, 0.3) is 0 Å². The van der Waals surface area contributed by atoms with E-state index in [1.807, 2.05) is 0 Å². The first-order valence-corrected chi connectivity index (χ1v) is 4.70. The highest BCUT2D eigenvalue weighted by atomic mass is 19.3. The van der Waals surface area contributed by atoms with Gasteiger partial charge in [-0.2, -0.15) is 8.78 Å². The fourth-order valence-corrected chi connectivity index (χ4v) is 1.13. The van der Waals surface area contributed by atoms with E-state index in [9.17, 15) is 22.4 Å². The number of hydrogen-bond donors (Lipinski definition) is 2. The van der Waals surface area contributed by atoms with Crippen LogP contribution in [0.25, 0.3) is 0 Å². The molecule has 18 heavy (non-hydrogen) atoms. The lowest BCUT2D eigenvalue weighted by Crippen LogP contribution is -2.41. The molecule has 0 spiro atoms. The highest BCUT2D eigenvalue weighted by Crippen LogP contribution is 2.30. The van der Waals surface area contributed by atoms with Crippen molar-refractivity contribution in [3.8, 4) is 5.75 Å². The molecule has 1 aromatic rings. The SMILES string of the molecule is COc1ccc(N)cc1NC(=O)C(F)(F)C(F)F. The molecule has 4 nitrogen and oxygen atoms in total. The minimum Gasteiger partial charge on any atom is -0.495 e. The smallest absolute Gasteiger partial charge is 0.383 e. The van der Waals surface area contributed by atoms with Gasteiger partial charge < -0.3 is 15.8 Å². The van der Waals surface area contributed by atoms with Gasteiger partial charge in [0.1, 0.15) is 5.75 Å². The van der Waals surface area contributed by atoms with Crippen LogP contribution >= 0.6 is 0 Å². The van der Waals surface area contributed by atoms with Crippen LogP contribution in [-0.2, 0) is 4.79 Å². The maximum Gasteiger partial charge on any atom is 0.383 e. The summed E-state index contributed by atoms with van der Waals surface area (Å²) in [6, 6.07) is 3.84. The van der Waals surface area contributed by atoms with Crippen LogP contribution in [0.1, 0.15) is 0 Å². The molecule has 0 unspecified atom stereocenters. The zero-order chi connectivity index (χ0) is 13.9. The number of nitrogens with two attached hydrogens (primary N) is 1. The van der Waals surface area contributed by atoms with Crippen LogP contribution in [0.5, 0.6) is 5.75 Å². The Kier molecular flexibility index (Phi) is 4.00. The van der Waals surface area contributed by atoms with Crippen LogP contribution in [0.15, 0.2) is 18.2 Å². The third-order valence-corrected chi connectivity index (χ3v) is 2.05. The molecule has 0 aliphatic carbocycles. The summed E-state index contributed by atoms with van der Waals surface area (Å²) in [4.78, 5) is 11.0. The Balaban J connectivity index is 2.98. The number of benzene rings is 1. The zero-order valence-electron chi connectivity index (χ0n) is 9.22. The van der Waals surface area contributed by atoms with Crippen molar-refractivity contribution >= 4 is 17.3 Å². The molecule has 3 N–H and O–H groups in total. The predicted molar refractivity (Wildman–Crippen MR) is 57.0 cm³/mol. The number of ether oxygens (including phenoxy) is 1. The molecule has 1 aromatic carbocycles. The second-order valence-electron chi connectivity index (χ2n) is 3.34. The van der Waals surface area contributed by atoms with Crippen LogP contribution in [0, 0.1) is 0 Å². The lowest BCUT2D eigenvalue weighted by Gasteiger charge is -2.16. The van der Waals surface area contributed by atoms with Gasteiger partial charge >= 0.3 is 18.3 Å². The van der Waals surface area contributed by atoms with Crippen LogP contribution in [0.3, 0.4) is 0 Å².